The van der Waals surface area contributed by atoms with Crippen LogP contribution in [0.2, 0.25) is 14.8 Å². The van der Waals surface area contributed by atoms with Crippen LogP contribution in [0.25, 0.3) is 10.9 Å². The van der Waals surface area contributed by atoms with Crippen LogP contribution in [0.3, 0.4) is 0 Å². The van der Waals surface area contributed by atoms with Gasteiger partial charge >= 0.3 is 95.6 Å². The van der Waals surface area contributed by atoms with Gasteiger partial charge in [-0.1, -0.05) is 0 Å². The van der Waals surface area contributed by atoms with Crippen LogP contribution < -0.4 is 3.58 Å². The molecule has 1 nitrogen and oxygen atoms in total. The molecule has 1 aromatic carbocycles. The first-order valence-electron chi connectivity index (χ1n) is 5.35. The van der Waals surface area contributed by atoms with E-state index >= 15 is 0 Å². The summed E-state index contributed by atoms with van der Waals surface area (Å²) < 4.78 is 1.57. The molecule has 0 unspecified atom stereocenters. The molecule has 2 rings (SSSR count). The molecule has 0 aliphatic rings. The van der Waals surface area contributed by atoms with Crippen LogP contribution in [0, 0.1) is 6.92 Å². The van der Waals surface area contributed by atoms with E-state index in [-0.39, 0.29) is 0 Å². The van der Waals surface area contributed by atoms with Gasteiger partial charge in [0.2, 0.25) is 0 Å². The molecule has 0 saturated heterocycles. The fraction of sp³-hybridized carbons (Fsp3) is 0.308. The molecule has 0 aliphatic heterocycles. The van der Waals surface area contributed by atoms with E-state index in [2.05, 4.69) is 50.1 Å². The first-order chi connectivity index (χ1) is 6.97. The molecule has 0 spiro atoms. The fourth-order valence-electron chi connectivity index (χ4n) is 1.69. The third-order valence-corrected chi connectivity index (χ3v) is 8.53. The predicted molar refractivity (Wildman–Crippen MR) is 69.5 cm³/mol. The molecule has 15 heavy (non-hydrogen) atoms. The summed E-state index contributed by atoms with van der Waals surface area (Å²) in [5.74, 6) is 0. The van der Waals surface area contributed by atoms with Crippen molar-refractivity contribution in [2.24, 2.45) is 0 Å². The topological polar surface area (TPSA) is 12.9 Å². The molecule has 78 valence electrons. The third-order valence-electron chi connectivity index (χ3n) is 2.69. The Morgan fingerprint density at radius 1 is 1.00 bits per heavy atom. The molecule has 0 fully saturated rings. The number of fused-ring (bicyclic) bond motifs is 1. The maximum absolute atomic E-state index is 4.52. The van der Waals surface area contributed by atoms with Crippen LogP contribution in [-0.4, -0.2) is 23.4 Å². The van der Waals surface area contributed by atoms with Crippen LogP contribution in [0.5, 0.6) is 0 Å². The molecule has 0 atom stereocenters. The SMILES string of the molecule is Cc1ccc2c[c]([Sn]([CH3])([CH3])[CH3])ccc2n1. The number of nitrogens with zero attached hydrogens (tertiary/aromatic N) is 1. The van der Waals surface area contributed by atoms with E-state index in [0.717, 1.165) is 11.2 Å². The summed E-state index contributed by atoms with van der Waals surface area (Å²) in [6.07, 6.45) is 0. The zero-order valence-electron chi connectivity index (χ0n) is 9.83. The van der Waals surface area contributed by atoms with Gasteiger partial charge in [-0.15, -0.1) is 0 Å². The van der Waals surface area contributed by atoms with Crippen molar-refractivity contribution in [2.75, 3.05) is 0 Å². The minimum atomic E-state index is -1.91. The van der Waals surface area contributed by atoms with Crippen LogP contribution in [0.4, 0.5) is 0 Å². The number of aryl methyl sites for hydroxylation is 1. The summed E-state index contributed by atoms with van der Waals surface area (Å²) in [7, 11) is 0. The van der Waals surface area contributed by atoms with Gasteiger partial charge in [-0.3, -0.25) is 0 Å². The van der Waals surface area contributed by atoms with Crippen molar-refractivity contribution >= 4 is 32.9 Å². The maximum atomic E-state index is 4.52. The van der Waals surface area contributed by atoms with Crippen LogP contribution in [0.1, 0.15) is 5.69 Å². The van der Waals surface area contributed by atoms with E-state index < -0.39 is 18.4 Å². The van der Waals surface area contributed by atoms with Gasteiger partial charge in [0.05, 0.1) is 0 Å². The second-order valence-electron chi connectivity index (χ2n) is 5.11. The van der Waals surface area contributed by atoms with E-state index in [1.165, 1.54) is 5.39 Å². The van der Waals surface area contributed by atoms with E-state index in [9.17, 15) is 0 Å². The Kier molecular flexibility index (Phi) is 2.75. The van der Waals surface area contributed by atoms with Crippen LogP contribution >= 0.6 is 0 Å². The number of hydrogen-bond acceptors (Lipinski definition) is 1. The molecule has 0 N–H and O–H groups in total. The first kappa shape index (κ1) is 10.9. The zero-order chi connectivity index (χ0) is 11.1. The third kappa shape index (κ3) is 2.33. The summed E-state index contributed by atoms with van der Waals surface area (Å²) in [6, 6.07) is 11.0. The molecule has 1 heterocycles. The molecule has 0 amide bonds. The van der Waals surface area contributed by atoms with E-state index in [0.29, 0.717) is 0 Å². The molecule has 0 aliphatic carbocycles. The Labute approximate surface area is 95.4 Å². The summed E-state index contributed by atoms with van der Waals surface area (Å²) in [4.78, 5) is 11.8. The van der Waals surface area contributed by atoms with Crippen LogP contribution in [0.15, 0.2) is 30.3 Å². The van der Waals surface area contributed by atoms with Crippen molar-refractivity contribution < 1.29 is 0 Å². The van der Waals surface area contributed by atoms with E-state index in [1.54, 1.807) is 3.58 Å². The average molecular weight is 306 g/mol. The van der Waals surface area contributed by atoms with Crippen LogP contribution in [-0.2, 0) is 0 Å². The molecule has 1 aromatic heterocycles. The van der Waals surface area contributed by atoms with Gasteiger partial charge in [0.25, 0.3) is 0 Å². The molecular formula is C13H17NSn. The standard InChI is InChI=1S/C10H8N.3CH3.Sn/c1-8-6-7-9-4-2-3-5-10(9)11-8;;;;/h3-7H,1H3;3*1H3;. The second-order valence-corrected chi connectivity index (χ2v) is 19.6. The molecular weight excluding hydrogens is 289 g/mol. The summed E-state index contributed by atoms with van der Waals surface area (Å²) in [6.45, 7) is 2.04. The fourth-order valence-corrected chi connectivity index (χ4v) is 5.04. The Hall–Kier alpha value is -0.571. The Morgan fingerprint density at radius 2 is 1.73 bits per heavy atom. The molecule has 0 bridgehead atoms. The normalized spacial score (nSPS) is 12.0. The zero-order valence-corrected chi connectivity index (χ0v) is 12.7. The number of hydrogen-bond donors (Lipinski definition) is 0. The van der Waals surface area contributed by atoms with Gasteiger partial charge in [0, 0.05) is 0 Å². The predicted octanol–water partition coefficient (Wildman–Crippen LogP) is 3.09. The Bertz CT molecular complexity index is 497. The Morgan fingerprint density at radius 3 is 2.40 bits per heavy atom. The molecule has 0 radical (unpaired) electrons. The number of benzene rings is 1. The Balaban J connectivity index is 2.62. The first-order valence-corrected chi connectivity index (χ1v) is 15.3. The summed E-state index contributed by atoms with van der Waals surface area (Å²) in [5.41, 5.74) is 2.21. The molecule has 2 heteroatoms. The van der Waals surface area contributed by atoms with E-state index in [4.69, 9.17) is 0 Å². The van der Waals surface area contributed by atoms with Crippen molar-refractivity contribution in [3.8, 4) is 0 Å². The number of rotatable bonds is 1. The van der Waals surface area contributed by atoms with Gasteiger partial charge in [0.1, 0.15) is 0 Å². The quantitative estimate of drug-likeness (QED) is 0.738. The molecule has 0 saturated carbocycles. The monoisotopic (exact) mass is 307 g/mol. The van der Waals surface area contributed by atoms with E-state index in [1.807, 2.05) is 6.92 Å². The van der Waals surface area contributed by atoms with Crippen molar-refractivity contribution in [2.45, 2.75) is 21.7 Å². The van der Waals surface area contributed by atoms with Gasteiger partial charge in [-0.25, -0.2) is 0 Å². The number of aromatic nitrogens is 1. The summed E-state index contributed by atoms with van der Waals surface area (Å²) in [5, 5.41) is 1.28. The summed E-state index contributed by atoms with van der Waals surface area (Å²) >= 11 is -1.91. The van der Waals surface area contributed by atoms with Gasteiger partial charge in [-0.2, -0.15) is 0 Å². The van der Waals surface area contributed by atoms with Crippen molar-refractivity contribution in [1.29, 1.82) is 0 Å². The molecule has 2 aromatic rings. The van der Waals surface area contributed by atoms with Crippen molar-refractivity contribution in [3.63, 3.8) is 0 Å². The van der Waals surface area contributed by atoms with Gasteiger partial charge in [0.15, 0.2) is 0 Å². The minimum absolute atomic E-state index is 1.09. The van der Waals surface area contributed by atoms with Gasteiger partial charge in [-0.05, 0) is 0 Å². The average Bonchev–Trinajstić information content (AvgIpc) is 2.15. The second kappa shape index (κ2) is 3.78. The van der Waals surface area contributed by atoms with Crippen molar-refractivity contribution in [3.05, 3.63) is 36.0 Å². The van der Waals surface area contributed by atoms with Crippen molar-refractivity contribution in [1.82, 2.24) is 4.98 Å². The van der Waals surface area contributed by atoms with Gasteiger partial charge < -0.3 is 0 Å². The number of pyridine rings is 1.